The Balaban J connectivity index is 2.94. The topological polar surface area (TPSA) is 55.4 Å². The number of ether oxygens (including phenoxy) is 1. The molecule has 0 aliphatic rings. The number of benzene rings is 1. The van der Waals surface area contributed by atoms with E-state index >= 15 is 0 Å². The number of carbonyl (C=O) groups is 2. The molecule has 0 radical (unpaired) electrons. The third-order valence-corrected chi connectivity index (χ3v) is 3.17. The van der Waals surface area contributed by atoms with Gasteiger partial charge in [0.2, 0.25) is 0 Å². The minimum Gasteiger partial charge on any atom is -0.467 e. The monoisotopic (exact) mass is 267 g/mol. The number of esters is 1. The van der Waals surface area contributed by atoms with Crippen molar-refractivity contribution in [1.82, 2.24) is 5.32 Å². The maximum Gasteiger partial charge on any atom is 0.331 e. The first kappa shape index (κ1) is 15.1. The van der Waals surface area contributed by atoms with E-state index in [0.29, 0.717) is 12.0 Å². The summed E-state index contributed by atoms with van der Waals surface area (Å²) in [5.41, 5.74) is -0.484. The molecule has 0 spiro atoms. The normalized spacial score (nSPS) is 13.5. The van der Waals surface area contributed by atoms with Gasteiger partial charge in [0.05, 0.1) is 7.11 Å². The van der Waals surface area contributed by atoms with E-state index in [1.165, 1.54) is 19.2 Å². The van der Waals surface area contributed by atoms with E-state index in [0.717, 1.165) is 6.07 Å². The summed E-state index contributed by atoms with van der Waals surface area (Å²) < 4.78 is 18.1. The average Bonchev–Trinajstić information content (AvgIpc) is 2.40. The highest BCUT2D eigenvalue weighted by molar-refractivity contribution is 5.98. The van der Waals surface area contributed by atoms with Crippen LogP contribution in [-0.4, -0.2) is 24.5 Å². The lowest BCUT2D eigenvalue weighted by molar-refractivity contribution is -0.147. The van der Waals surface area contributed by atoms with E-state index in [1.807, 2.05) is 0 Å². The van der Waals surface area contributed by atoms with Crippen molar-refractivity contribution in [2.24, 2.45) is 0 Å². The van der Waals surface area contributed by atoms with Gasteiger partial charge in [-0.15, -0.1) is 0 Å². The minimum absolute atomic E-state index is 0.173. The quantitative estimate of drug-likeness (QED) is 0.851. The molecule has 0 aliphatic carbocycles. The van der Waals surface area contributed by atoms with Gasteiger partial charge in [0.15, 0.2) is 0 Å². The summed E-state index contributed by atoms with van der Waals surface area (Å²) in [6.45, 7) is 4.94. The molecule has 5 heteroatoms. The van der Waals surface area contributed by atoms with Gasteiger partial charge in [0, 0.05) is 5.56 Å². The maximum atomic E-state index is 13.4. The van der Waals surface area contributed by atoms with Crippen LogP contribution in [0, 0.1) is 12.7 Å². The Hall–Kier alpha value is -1.91. The standard InChI is InChI=1S/C14H18FNO3/c1-5-14(3,13(18)19-4)16-12(17)10-7-6-9(2)11(15)8-10/h6-8H,5H2,1-4H3,(H,16,17)/t14-/m0/s1. The number of hydrogen-bond donors (Lipinski definition) is 1. The molecule has 0 heterocycles. The minimum atomic E-state index is -1.12. The lowest BCUT2D eigenvalue weighted by Crippen LogP contribution is -2.52. The average molecular weight is 267 g/mol. The number of halogens is 1. The lowest BCUT2D eigenvalue weighted by atomic mass is 9.98. The fourth-order valence-electron chi connectivity index (χ4n) is 1.57. The van der Waals surface area contributed by atoms with Crippen molar-refractivity contribution in [1.29, 1.82) is 0 Å². The molecule has 19 heavy (non-hydrogen) atoms. The molecular weight excluding hydrogens is 249 g/mol. The first-order valence-corrected chi connectivity index (χ1v) is 6.01. The van der Waals surface area contributed by atoms with Crippen LogP contribution in [0.2, 0.25) is 0 Å². The summed E-state index contributed by atoms with van der Waals surface area (Å²) in [5.74, 6) is -1.49. The van der Waals surface area contributed by atoms with Gasteiger partial charge in [-0.3, -0.25) is 4.79 Å². The molecule has 0 saturated carbocycles. The summed E-state index contributed by atoms with van der Waals surface area (Å²) >= 11 is 0. The number of amides is 1. The van der Waals surface area contributed by atoms with Crippen LogP contribution in [0.5, 0.6) is 0 Å². The zero-order valence-electron chi connectivity index (χ0n) is 11.5. The van der Waals surface area contributed by atoms with E-state index in [4.69, 9.17) is 0 Å². The van der Waals surface area contributed by atoms with Crippen molar-refractivity contribution < 1.29 is 18.7 Å². The third-order valence-electron chi connectivity index (χ3n) is 3.17. The van der Waals surface area contributed by atoms with E-state index in [9.17, 15) is 14.0 Å². The van der Waals surface area contributed by atoms with E-state index in [1.54, 1.807) is 20.8 Å². The van der Waals surface area contributed by atoms with E-state index in [-0.39, 0.29) is 5.56 Å². The predicted molar refractivity (Wildman–Crippen MR) is 69.3 cm³/mol. The largest absolute Gasteiger partial charge is 0.467 e. The molecule has 1 amide bonds. The van der Waals surface area contributed by atoms with Crippen molar-refractivity contribution in [2.75, 3.05) is 7.11 Å². The van der Waals surface area contributed by atoms with Crippen molar-refractivity contribution >= 4 is 11.9 Å². The van der Waals surface area contributed by atoms with Crippen LogP contribution in [0.1, 0.15) is 36.2 Å². The zero-order valence-corrected chi connectivity index (χ0v) is 11.5. The summed E-state index contributed by atoms with van der Waals surface area (Å²) in [4.78, 5) is 23.7. The van der Waals surface area contributed by atoms with Gasteiger partial charge in [-0.25, -0.2) is 9.18 Å². The van der Waals surface area contributed by atoms with Gasteiger partial charge < -0.3 is 10.1 Å². The highest BCUT2D eigenvalue weighted by atomic mass is 19.1. The van der Waals surface area contributed by atoms with Crippen molar-refractivity contribution in [3.8, 4) is 0 Å². The Labute approximate surface area is 112 Å². The molecule has 1 rings (SSSR count). The highest BCUT2D eigenvalue weighted by Gasteiger charge is 2.34. The van der Waals surface area contributed by atoms with Gasteiger partial charge in [-0.05, 0) is 38.0 Å². The van der Waals surface area contributed by atoms with E-state index < -0.39 is 23.2 Å². The second-order valence-electron chi connectivity index (χ2n) is 4.60. The summed E-state index contributed by atoms with van der Waals surface area (Å²) in [6, 6.07) is 4.19. The van der Waals surface area contributed by atoms with Crippen LogP contribution >= 0.6 is 0 Å². The molecule has 0 aromatic heterocycles. The molecule has 1 aromatic rings. The lowest BCUT2D eigenvalue weighted by Gasteiger charge is -2.26. The Morgan fingerprint density at radius 3 is 2.53 bits per heavy atom. The molecule has 104 valence electrons. The van der Waals surface area contributed by atoms with Crippen LogP contribution in [0.25, 0.3) is 0 Å². The second-order valence-corrected chi connectivity index (χ2v) is 4.60. The smallest absolute Gasteiger partial charge is 0.331 e. The molecule has 0 aliphatic heterocycles. The summed E-state index contributed by atoms with van der Waals surface area (Å²) in [5, 5.41) is 2.58. The first-order valence-electron chi connectivity index (χ1n) is 6.01. The molecule has 4 nitrogen and oxygen atoms in total. The van der Waals surface area contributed by atoms with E-state index in [2.05, 4.69) is 10.1 Å². The van der Waals surface area contributed by atoms with Crippen molar-refractivity contribution in [3.05, 3.63) is 35.1 Å². The molecule has 0 saturated heterocycles. The van der Waals surface area contributed by atoms with Crippen LogP contribution < -0.4 is 5.32 Å². The number of hydrogen-bond acceptors (Lipinski definition) is 3. The second kappa shape index (κ2) is 5.82. The molecule has 1 aromatic carbocycles. The Kier molecular flexibility index (Phi) is 4.64. The SMILES string of the molecule is CC[C@](C)(NC(=O)c1ccc(C)c(F)c1)C(=O)OC. The van der Waals surface area contributed by atoms with Crippen molar-refractivity contribution in [3.63, 3.8) is 0 Å². The van der Waals surface area contributed by atoms with Gasteiger partial charge in [0.25, 0.3) is 5.91 Å². The predicted octanol–water partition coefficient (Wildman–Crippen LogP) is 2.21. The molecular formula is C14H18FNO3. The Morgan fingerprint density at radius 1 is 1.42 bits per heavy atom. The van der Waals surface area contributed by atoms with Crippen LogP contribution in [0.15, 0.2) is 18.2 Å². The van der Waals surface area contributed by atoms with Crippen LogP contribution in [-0.2, 0) is 9.53 Å². The molecule has 0 fully saturated rings. The molecule has 0 bridgehead atoms. The van der Waals surface area contributed by atoms with Gasteiger partial charge in [-0.2, -0.15) is 0 Å². The fourth-order valence-corrected chi connectivity index (χ4v) is 1.57. The van der Waals surface area contributed by atoms with Gasteiger partial charge in [-0.1, -0.05) is 13.0 Å². The number of nitrogens with one attached hydrogen (secondary N) is 1. The third kappa shape index (κ3) is 3.30. The van der Waals surface area contributed by atoms with Crippen molar-refractivity contribution in [2.45, 2.75) is 32.7 Å². The van der Waals surface area contributed by atoms with Gasteiger partial charge in [0.1, 0.15) is 11.4 Å². The number of methoxy groups -OCH3 is 1. The first-order chi connectivity index (χ1) is 8.84. The van der Waals surface area contributed by atoms with Gasteiger partial charge >= 0.3 is 5.97 Å². The number of carbonyl (C=O) groups excluding carboxylic acids is 2. The molecule has 0 unspecified atom stereocenters. The van der Waals surface area contributed by atoms with Crippen LogP contribution in [0.4, 0.5) is 4.39 Å². The summed E-state index contributed by atoms with van der Waals surface area (Å²) in [6.07, 6.45) is 0.375. The number of aryl methyl sites for hydroxylation is 1. The number of rotatable bonds is 4. The summed E-state index contributed by atoms with van der Waals surface area (Å²) in [7, 11) is 1.26. The highest BCUT2D eigenvalue weighted by Crippen LogP contribution is 2.14. The molecule has 1 atom stereocenters. The van der Waals surface area contributed by atoms with Crippen LogP contribution in [0.3, 0.4) is 0 Å². The maximum absolute atomic E-state index is 13.4. The fraction of sp³-hybridized carbons (Fsp3) is 0.429. The Morgan fingerprint density at radius 2 is 2.05 bits per heavy atom. The molecule has 1 N–H and O–H groups in total. The Bertz CT molecular complexity index is 501. The zero-order chi connectivity index (χ0) is 14.6.